The molecule has 3 unspecified atom stereocenters. The van der Waals surface area contributed by atoms with Gasteiger partial charge in [-0.1, -0.05) is 17.7 Å². The molecule has 1 aliphatic heterocycles. The van der Waals surface area contributed by atoms with Crippen LogP contribution in [0.3, 0.4) is 0 Å². The first kappa shape index (κ1) is 13.7. The van der Waals surface area contributed by atoms with Gasteiger partial charge in [-0.3, -0.25) is 0 Å². The van der Waals surface area contributed by atoms with Crippen molar-refractivity contribution in [2.75, 3.05) is 18.6 Å². The average Bonchev–Trinajstić information content (AvgIpc) is 2.74. The summed E-state index contributed by atoms with van der Waals surface area (Å²) in [7, 11) is 2.07. The van der Waals surface area contributed by atoms with Crippen molar-refractivity contribution in [3.63, 3.8) is 0 Å². The van der Waals surface area contributed by atoms with E-state index in [1.807, 2.05) is 25.1 Å². The predicted molar refractivity (Wildman–Crippen MR) is 76.3 cm³/mol. The number of ether oxygens (including phenoxy) is 1. The van der Waals surface area contributed by atoms with Gasteiger partial charge >= 0.3 is 0 Å². The number of rotatable bonds is 3. The second-order valence-corrected chi connectivity index (χ2v) is 5.45. The summed E-state index contributed by atoms with van der Waals surface area (Å²) in [6, 6.07) is 6.45. The SMILES string of the molecule is CC(N)c1ccc(N(C)C2CCOC2C)c(Cl)c1. The monoisotopic (exact) mass is 268 g/mol. The minimum atomic E-state index is 0.00981. The maximum absolute atomic E-state index is 6.36. The molecule has 2 N–H and O–H groups in total. The molecule has 1 aliphatic rings. The van der Waals surface area contributed by atoms with E-state index < -0.39 is 0 Å². The summed E-state index contributed by atoms with van der Waals surface area (Å²) in [5.74, 6) is 0. The number of benzene rings is 1. The zero-order chi connectivity index (χ0) is 13.3. The fourth-order valence-electron chi connectivity index (χ4n) is 2.50. The van der Waals surface area contributed by atoms with Gasteiger partial charge in [-0.05, 0) is 38.0 Å². The molecule has 4 heteroatoms. The van der Waals surface area contributed by atoms with Crippen LogP contribution in [0.15, 0.2) is 18.2 Å². The highest BCUT2D eigenvalue weighted by Gasteiger charge is 2.28. The third-order valence-corrected chi connectivity index (χ3v) is 4.01. The Morgan fingerprint density at radius 1 is 1.50 bits per heavy atom. The number of anilines is 1. The Morgan fingerprint density at radius 2 is 2.22 bits per heavy atom. The molecular formula is C14H21ClN2O. The highest BCUT2D eigenvalue weighted by atomic mass is 35.5. The van der Waals surface area contributed by atoms with Crippen molar-refractivity contribution >= 4 is 17.3 Å². The second-order valence-electron chi connectivity index (χ2n) is 5.04. The quantitative estimate of drug-likeness (QED) is 0.916. The van der Waals surface area contributed by atoms with Crippen LogP contribution in [0.4, 0.5) is 5.69 Å². The number of nitrogens with zero attached hydrogens (tertiary/aromatic N) is 1. The van der Waals surface area contributed by atoms with Crippen LogP contribution in [-0.4, -0.2) is 25.8 Å². The van der Waals surface area contributed by atoms with Gasteiger partial charge in [0.1, 0.15) is 0 Å². The summed E-state index contributed by atoms with van der Waals surface area (Å²) < 4.78 is 5.61. The fraction of sp³-hybridized carbons (Fsp3) is 0.571. The summed E-state index contributed by atoms with van der Waals surface area (Å²) >= 11 is 6.36. The van der Waals surface area contributed by atoms with Gasteiger partial charge in [0.05, 0.1) is 22.9 Å². The van der Waals surface area contributed by atoms with Crippen molar-refractivity contribution < 1.29 is 4.74 Å². The third kappa shape index (κ3) is 2.63. The normalized spacial score (nSPS) is 25.2. The lowest BCUT2D eigenvalue weighted by molar-refractivity contribution is 0.118. The van der Waals surface area contributed by atoms with E-state index in [1.54, 1.807) is 0 Å². The molecule has 3 atom stereocenters. The number of halogens is 1. The highest BCUT2D eigenvalue weighted by Crippen LogP contribution is 2.31. The minimum absolute atomic E-state index is 0.00981. The van der Waals surface area contributed by atoms with E-state index in [1.165, 1.54) is 0 Å². The molecular weight excluding hydrogens is 248 g/mol. The average molecular weight is 269 g/mol. The number of nitrogens with two attached hydrogens (primary N) is 1. The molecule has 0 radical (unpaired) electrons. The summed E-state index contributed by atoms with van der Waals surface area (Å²) in [4.78, 5) is 2.21. The second kappa shape index (κ2) is 5.47. The summed E-state index contributed by atoms with van der Waals surface area (Å²) in [5.41, 5.74) is 7.97. The molecule has 0 bridgehead atoms. The maximum atomic E-state index is 6.36. The van der Waals surface area contributed by atoms with Gasteiger partial charge in [-0.15, -0.1) is 0 Å². The molecule has 1 heterocycles. The van der Waals surface area contributed by atoms with Gasteiger partial charge < -0.3 is 15.4 Å². The van der Waals surface area contributed by atoms with Crippen LogP contribution >= 0.6 is 11.6 Å². The maximum Gasteiger partial charge on any atom is 0.0750 e. The Kier molecular flexibility index (Phi) is 4.15. The molecule has 18 heavy (non-hydrogen) atoms. The van der Waals surface area contributed by atoms with E-state index >= 15 is 0 Å². The molecule has 0 aromatic heterocycles. The number of hydrogen-bond acceptors (Lipinski definition) is 3. The lowest BCUT2D eigenvalue weighted by atomic mass is 10.1. The highest BCUT2D eigenvalue weighted by molar-refractivity contribution is 6.33. The van der Waals surface area contributed by atoms with Gasteiger partial charge in [0.2, 0.25) is 0 Å². The molecule has 3 nitrogen and oxygen atoms in total. The van der Waals surface area contributed by atoms with Crippen molar-refractivity contribution in [1.29, 1.82) is 0 Å². The molecule has 2 rings (SSSR count). The lowest BCUT2D eigenvalue weighted by Crippen LogP contribution is -2.36. The van der Waals surface area contributed by atoms with Crippen LogP contribution in [0.1, 0.15) is 31.9 Å². The fourth-order valence-corrected chi connectivity index (χ4v) is 2.82. The van der Waals surface area contributed by atoms with Gasteiger partial charge in [-0.2, -0.15) is 0 Å². The van der Waals surface area contributed by atoms with Crippen LogP contribution in [0.2, 0.25) is 5.02 Å². The van der Waals surface area contributed by atoms with Crippen LogP contribution < -0.4 is 10.6 Å². The van der Waals surface area contributed by atoms with Crippen LogP contribution in [0.5, 0.6) is 0 Å². The van der Waals surface area contributed by atoms with Crippen LogP contribution in [-0.2, 0) is 4.74 Å². The number of hydrogen-bond donors (Lipinski definition) is 1. The van der Waals surface area contributed by atoms with E-state index in [0.717, 1.165) is 29.3 Å². The van der Waals surface area contributed by atoms with E-state index in [4.69, 9.17) is 22.1 Å². The standard InChI is InChI=1S/C14H21ClN2O/c1-9(16)11-4-5-14(12(15)8-11)17(3)13-6-7-18-10(13)2/h4-5,8-10,13H,6-7,16H2,1-3H3. The predicted octanol–water partition coefficient (Wildman–Crippen LogP) is 2.97. The Balaban J connectivity index is 2.22. The van der Waals surface area contributed by atoms with E-state index in [0.29, 0.717) is 6.04 Å². The first-order chi connectivity index (χ1) is 8.50. The smallest absolute Gasteiger partial charge is 0.0750 e. The topological polar surface area (TPSA) is 38.5 Å². The van der Waals surface area contributed by atoms with Crippen LogP contribution in [0.25, 0.3) is 0 Å². The molecule has 1 aromatic rings. The third-order valence-electron chi connectivity index (χ3n) is 3.71. The Morgan fingerprint density at radius 3 is 2.72 bits per heavy atom. The number of likely N-dealkylation sites (N-methyl/N-ethyl adjacent to an activating group) is 1. The first-order valence-corrected chi connectivity index (χ1v) is 6.78. The van der Waals surface area contributed by atoms with E-state index in [-0.39, 0.29) is 12.1 Å². The summed E-state index contributed by atoms with van der Waals surface area (Å²) in [6.45, 7) is 4.89. The molecule has 0 amide bonds. The van der Waals surface area contributed by atoms with Gasteiger partial charge in [0, 0.05) is 19.7 Å². The molecule has 100 valence electrons. The van der Waals surface area contributed by atoms with E-state index in [9.17, 15) is 0 Å². The zero-order valence-electron chi connectivity index (χ0n) is 11.2. The summed E-state index contributed by atoms with van der Waals surface area (Å²) in [5, 5.41) is 0.756. The largest absolute Gasteiger partial charge is 0.376 e. The van der Waals surface area contributed by atoms with Gasteiger partial charge in [0.25, 0.3) is 0 Å². The lowest BCUT2D eigenvalue weighted by Gasteiger charge is -2.29. The van der Waals surface area contributed by atoms with Crippen molar-refractivity contribution in [3.8, 4) is 0 Å². The molecule has 1 fully saturated rings. The molecule has 0 saturated carbocycles. The molecule has 0 aliphatic carbocycles. The van der Waals surface area contributed by atoms with Crippen molar-refractivity contribution in [3.05, 3.63) is 28.8 Å². The van der Waals surface area contributed by atoms with Crippen LogP contribution in [0, 0.1) is 0 Å². The van der Waals surface area contributed by atoms with Crippen molar-refractivity contribution in [1.82, 2.24) is 0 Å². The first-order valence-electron chi connectivity index (χ1n) is 6.40. The van der Waals surface area contributed by atoms with Gasteiger partial charge in [0.15, 0.2) is 0 Å². The molecule has 0 spiro atoms. The molecule has 1 aromatic carbocycles. The Bertz CT molecular complexity index is 422. The Labute approximate surface area is 114 Å². The zero-order valence-corrected chi connectivity index (χ0v) is 11.9. The van der Waals surface area contributed by atoms with Crippen molar-refractivity contribution in [2.45, 2.75) is 38.5 Å². The summed E-state index contributed by atoms with van der Waals surface area (Å²) in [6.07, 6.45) is 1.29. The molecule has 1 saturated heterocycles. The minimum Gasteiger partial charge on any atom is -0.376 e. The van der Waals surface area contributed by atoms with Gasteiger partial charge in [-0.25, -0.2) is 0 Å². The Hall–Kier alpha value is -0.770. The van der Waals surface area contributed by atoms with Crippen molar-refractivity contribution in [2.24, 2.45) is 5.73 Å². The van der Waals surface area contributed by atoms with E-state index in [2.05, 4.69) is 18.9 Å².